The molecule has 1 aromatic carbocycles. The number of rotatable bonds is 5. The van der Waals surface area contributed by atoms with Gasteiger partial charge in [0.1, 0.15) is 12.4 Å². The molecule has 2 aliphatic heterocycles. The van der Waals surface area contributed by atoms with Crippen molar-refractivity contribution in [2.75, 3.05) is 32.7 Å². The van der Waals surface area contributed by atoms with Gasteiger partial charge in [-0.3, -0.25) is 14.6 Å². The van der Waals surface area contributed by atoms with Gasteiger partial charge in [0, 0.05) is 55.7 Å². The number of likely N-dealkylation sites (tertiary alicyclic amines) is 1. The molecule has 0 spiro atoms. The van der Waals surface area contributed by atoms with Crippen LogP contribution in [0.15, 0.2) is 48.8 Å². The number of carbonyl (C=O) groups is 2. The van der Waals surface area contributed by atoms with Gasteiger partial charge < -0.3 is 19.9 Å². The van der Waals surface area contributed by atoms with Gasteiger partial charge in [-0.1, -0.05) is 12.1 Å². The van der Waals surface area contributed by atoms with Crippen LogP contribution >= 0.6 is 24.8 Å². The fraction of sp³-hybridized carbons (Fsp3) is 0.409. The molecule has 1 N–H and O–H groups in total. The second kappa shape index (κ2) is 11.9. The lowest BCUT2D eigenvalue weighted by atomic mass is 10.0. The molecule has 0 bridgehead atoms. The number of benzene rings is 1. The van der Waals surface area contributed by atoms with E-state index >= 15 is 0 Å². The third kappa shape index (κ3) is 6.32. The van der Waals surface area contributed by atoms with E-state index in [0.29, 0.717) is 37.6 Å². The number of hydrogen-bond donors (Lipinski definition) is 1. The minimum atomic E-state index is -0.0101. The van der Waals surface area contributed by atoms with E-state index in [0.717, 1.165) is 31.5 Å². The van der Waals surface area contributed by atoms with Gasteiger partial charge >= 0.3 is 0 Å². The molecular formula is C22H28Cl2N4O3. The Morgan fingerprint density at radius 3 is 2.84 bits per heavy atom. The van der Waals surface area contributed by atoms with Gasteiger partial charge in [0.25, 0.3) is 5.91 Å². The number of halogens is 2. The number of hydrogen-bond acceptors (Lipinski definition) is 5. The molecule has 31 heavy (non-hydrogen) atoms. The van der Waals surface area contributed by atoms with Gasteiger partial charge in [-0.2, -0.15) is 0 Å². The Labute approximate surface area is 195 Å². The molecule has 2 amide bonds. The zero-order chi connectivity index (χ0) is 20.1. The number of ether oxygens (including phenoxy) is 1. The summed E-state index contributed by atoms with van der Waals surface area (Å²) in [5, 5.41) is 3.10. The highest BCUT2D eigenvalue weighted by Crippen LogP contribution is 2.21. The molecule has 0 radical (unpaired) electrons. The molecule has 2 aromatic rings. The van der Waals surface area contributed by atoms with Crippen LogP contribution in [-0.2, 0) is 11.4 Å². The van der Waals surface area contributed by atoms with Crippen molar-refractivity contribution in [2.24, 2.45) is 0 Å². The van der Waals surface area contributed by atoms with Crippen molar-refractivity contribution in [3.63, 3.8) is 0 Å². The normalized spacial score (nSPS) is 18.6. The van der Waals surface area contributed by atoms with E-state index in [1.165, 1.54) is 0 Å². The Bertz CT molecular complexity index is 869. The SMILES string of the molecule is Cl.Cl.O=C(c1cccc(OCc2cccnc2)c1)N1CCCC(N2CCNCC2=O)C1. The quantitative estimate of drug-likeness (QED) is 0.732. The first-order chi connectivity index (χ1) is 14.2. The molecule has 3 heterocycles. The maximum absolute atomic E-state index is 13.1. The molecule has 2 aliphatic rings. The van der Waals surface area contributed by atoms with Crippen molar-refractivity contribution in [2.45, 2.75) is 25.5 Å². The predicted octanol–water partition coefficient (Wildman–Crippen LogP) is 2.54. The number of amides is 2. The molecule has 1 unspecified atom stereocenters. The first kappa shape index (κ1) is 24.9. The van der Waals surface area contributed by atoms with Crippen LogP contribution in [0.2, 0.25) is 0 Å². The lowest BCUT2D eigenvalue weighted by Gasteiger charge is -2.41. The number of nitrogens with one attached hydrogen (secondary N) is 1. The lowest BCUT2D eigenvalue weighted by Crippen LogP contribution is -2.57. The smallest absolute Gasteiger partial charge is 0.254 e. The van der Waals surface area contributed by atoms with Crippen molar-refractivity contribution in [3.05, 3.63) is 59.9 Å². The summed E-state index contributed by atoms with van der Waals surface area (Å²) in [4.78, 5) is 33.2. The van der Waals surface area contributed by atoms with Gasteiger partial charge in [0.2, 0.25) is 5.91 Å². The minimum Gasteiger partial charge on any atom is -0.489 e. The molecule has 1 aromatic heterocycles. The van der Waals surface area contributed by atoms with E-state index in [1.54, 1.807) is 18.5 Å². The van der Waals surface area contributed by atoms with Crippen LogP contribution in [-0.4, -0.2) is 65.4 Å². The van der Waals surface area contributed by atoms with E-state index in [9.17, 15) is 9.59 Å². The van der Waals surface area contributed by atoms with Crippen LogP contribution in [0.1, 0.15) is 28.8 Å². The number of piperazine rings is 1. The van der Waals surface area contributed by atoms with Crippen LogP contribution in [0.25, 0.3) is 0 Å². The first-order valence-corrected chi connectivity index (χ1v) is 10.1. The van der Waals surface area contributed by atoms with Crippen LogP contribution < -0.4 is 10.1 Å². The summed E-state index contributed by atoms with van der Waals surface area (Å²) in [6.45, 7) is 3.63. The van der Waals surface area contributed by atoms with Gasteiger partial charge in [-0.25, -0.2) is 0 Å². The first-order valence-electron chi connectivity index (χ1n) is 10.1. The number of pyridine rings is 1. The summed E-state index contributed by atoms with van der Waals surface area (Å²) < 4.78 is 5.83. The standard InChI is InChI=1S/C22H26N4O3.2ClH/c27-21-14-24-9-11-26(21)19-6-3-10-25(15-19)22(28)18-5-1-7-20(12-18)29-16-17-4-2-8-23-13-17;;/h1-2,4-5,7-8,12-13,19,24H,3,6,9-11,14-16H2;2*1H. The highest BCUT2D eigenvalue weighted by Gasteiger charge is 2.31. The second-order valence-electron chi connectivity index (χ2n) is 7.49. The molecule has 2 saturated heterocycles. The van der Waals surface area contributed by atoms with E-state index < -0.39 is 0 Å². The fourth-order valence-electron chi connectivity index (χ4n) is 3.95. The number of nitrogens with zero attached hydrogens (tertiary/aromatic N) is 3. The van der Waals surface area contributed by atoms with Crippen molar-refractivity contribution in [3.8, 4) is 5.75 Å². The molecule has 0 aliphatic carbocycles. The molecule has 4 rings (SSSR count). The zero-order valence-electron chi connectivity index (χ0n) is 17.2. The zero-order valence-corrected chi connectivity index (χ0v) is 18.9. The molecular weight excluding hydrogens is 439 g/mol. The van der Waals surface area contributed by atoms with Crippen LogP contribution in [0, 0.1) is 0 Å². The topological polar surface area (TPSA) is 74.8 Å². The third-order valence-corrected chi connectivity index (χ3v) is 5.46. The summed E-state index contributed by atoms with van der Waals surface area (Å²) in [7, 11) is 0. The average Bonchev–Trinajstić information content (AvgIpc) is 2.78. The van der Waals surface area contributed by atoms with E-state index in [2.05, 4.69) is 10.3 Å². The number of piperidine rings is 1. The summed E-state index contributed by atoms with van der Waals surface area (Å²) in [5.74, 6) is 0.774. The van der Waals surface area contributed by atoms with E-state index in [4.69, 9.17) is 4.74 Å². The van der Waals surface area contributed by atoms with Gasteiger partial charge in [-0.15, -0.1) is 24.8 Å². The molecule has 2 fully saturated rings. The molecule has 1 atom stereocenters. The third-order valence-electron chi connectivity index (χ3n) is 5.46. The Hall–Kier alpha value is -2.35. The molecule has 168 valence electrons. The summed E-state index contributed by atoms with van der Waals surface area (Å²) in [5.41, 5.74) is 1.59. The van der Waals surface area contributed by atoms with E-state index in [1.807, 2.05) is 40.1 Å². The summed E-state index contributed by atoms with van der Waals surface area (Å²) in [6.07, 6.45) is 5.34. The fourth-order valence-corrected chi connectivity index (χ4v) is 3.95. The van der Waals surface area contributed by atoms with Crippen LogP contribution in [0.5, 0.6) is 5.75 Å². The average molecular weight is 467 g/mol. The van der Waals surface area contributed by atoms with Crippen molar-refractivity contribution < 1.29 is 14.3 Å². The largest absolute Gasteiger partial charge is 0.489 e. The van der Waals surface area contributed by atoms with Crippen LogP contribution in [0.3, 0.4) is 0 Å². The Morgan fingerprint density at radius 2 is 2.06 bits per heavy atom. The van der Waals surface area contributed by atoms with Gasteiger partial charge in [0.15, 0.2) is 0 Å². The molecule has 0 saturated carbocycles. The van der Waals surface area contributed by atoms with Gasteiger partial charge in [-0.05, 0) is 37.1 Å². The Kier molecular flexibility index (Phi) is 9.55. The Morgan fingerprint density at radius 1 is 1.19 bits per heavy atom. The van der Waals surface area contributed by atoms with Crippen molar-refractivity contribution >= 4 is 36.6 Å². The molecule has 7 nitrogen and oxygen atoms in total. The van der Waals surface area contributed by atoms with Gasteiger partial charge in [0.05, 0.1) is 6.54 Å². The second-order valence-corrected chi connectivity index (χ2v) is 7.49. The summed E-state index contributed by atoms with van der Waals surface area (Å²) in [6, 6.07) is 11.2. The maximum atomic E-state index is 13.1. The molecule has 9 heteroatoms. The highest BCUT2D eigenvalue weighted by molar-refractivity contribution is 5.94. The maximum Gasteiger partial charge on any atom is 0.254 e. The van der Waals surface area contributed by atoms with Crippen molar-refractivity contribution in [1.29, 1.82) is 0 Å². The predicted molar refractivity (Wildman–Crippen MR) is 123 cm³/mol. The van der Waals surface area contributed by atoms with E-state index in [-0.39, 0.29) is 42.7 Å². The van der Waals surface area contributed by atoms with Crippen LogP contribution in [0.4, 0.5) is 0 Å². The minimum absolute atomic E-state index is 0. The summed E-state index contributed by atoms with van der Waals surface area (Å²) >= 11 is 0. The Balaban J connectivity index is 0.00000171. The van der Waals surface area contributed by atoms with Crippen molar-refractivity contribution in [1.82, 2.24) is 20.1 Å². The number of carbonyl (C=O) groups excluding carboxylic acids is 2. The lowest BCUT2D eigenvalue weighted by molar-refractivity contribution is -0.135. The monoisotopic (exact) mass is 466 g/mol. The highest BCUT2D eigenvalue weighted by atomic mass is 35.5. The number of aromatic nitrogens is 1.